The molecule has 0 saturated heterocycles. The van der Waals surface area contributed by atoms with Gasteiger partial charge in [0, 0.05) is 10.3 Å². The van der Waals surface area contributed by atoms with Crippen LogP contribution in [0.4, 0.5) is 4.79 Å². The molecule has 0 bridgehead atoms. The zero-order valence-corrected chi connectivity index (χ0v) is 11.7. The van der Waals surface area contributed by atoms with Crippen molar-refractivity contribution < 1.29 is 4.79 Å². The third-order valence-electron chi connectivity index (χ3n) is 3.47. The Kier molecular flexibility index (Phi) is 2.96. The summed E-state index contributed by atoms with van der Waals surface area (Å²) < 4.78 is 1.16. The van der Waals surface area contributed by atoms with Crippen LogP contribution in [0.5, 0.6) is 0 Å². The van der Waals surface area contributed by atoms with Crippen molar-refractivity contribution in [3.8, 4) is 12.3 Å². The Bertz CT molecular complexity index is 756. The van der Waals surface area contributed by atoms with Crippen molar-refractivity contribution in [3.63, 3.8) is 0 Å². The number of amidine groups is 1. The molecule has 2 amide bonds. The first-order valence-electron chi connectivity index (χ1n) is 6.22. The summed E-state index contributed by atoms with van der Waals surface area (Å²) in [5, 5.41) is 3.11. The molecule has 5 heteroatoms. The summed E-state index contributed by atoms with van der Waals surface area (Å²) in [5.74, 6) is 2.88. The van der Waals surface area contributed by atoms with E-state index >= 15 is 0 Å². The molecule has 1 aliphatic rings. The molecule has 1 aromatic heterocycles. The smallest absolute Gasteiger partial charge is 0.347 e. The number of urea groups is 1. The molecule has 20 heavy (non-hydrogen) atoms. The van der Waals surface area contributed by atoms with E-state index in [4.69, 9.17) is 12.2 Å². The first kappa shape index (κ1) is 12.7. The lowest BCUT2D eigenvalue weighted by molar-refractivity contribution is 0.199. The minimum absolute atomic E-state index is 0.306. The maximum atomic E-state index is 12.0. The number of aliphatic imine (C=N–C) groups is 1. The van der Waals surface area contributed by atoms with Gasteiger partial charge < -0.3 is 5.73 Å². The fourth-order valence-electron chi connectivity index (χ4n) is 2.47. The second-order valence-electron chi connectivity index (χ2n) is 4.66. The highest BCUT2D eigenvalue weighted by molar-refractivity contribution is 7.17. The van der Waals surface area contributed by atoms with Gasteiger partial charge in [-0.1, -0.05) is 24.1 Å². The third-order valence-corrected chi connectivity index (χ3v) is 4.45. The first-order chi connectivity index (χ1) is 9.63. The SMILES string of the molecule is C#CC(C)N1C(=O)N=C(N)C1c1csc2ccccc12. The molecule has 0 aliphatic carbocycles. The molecule has 3 rings (SSSR count). The number of hydrogen-bond acceptors (Lipinski definition) is 3. The number of terminal acetylenes is 1. The van der Waals surface area contributed by atoms with Crippen molar-refractivity contribution in [3.05, 3.63) is 35.2 Å². The van der Waals surface area contributed by atoms with Crippen LogP contribution in [-0.4, -0.2) is 22.8 Å². The van der Waals surface area contributed by atoms with Gasteiger partial charge in [-0.15, -0.1) is 17.8 Å². The molecule has 2 N–H and O–H groups in total. The lowest BCUT2D eigenvalue weighted by Gasteiger charge is -2.27. The topological polar surface area (TPSA) is 58.7 Å². The van der Waals surface area contributed by atoms with E-state index in [1.807, 2.05) is 29.6 Å². The van der Waals surface area contributed by atoms with Crippen LogP contribution in [0.2, 0.25) is 0 Å². The fraction of sp³-hybridized carbons (Fsp3) is 0.200. The molecule has 0 saturated carbocycles. The van der Waals surface area contributed by atoms with Crippen molar-refractivity contribution in [2.24, 2.45) is 10.7 Å². The van der Waals surface area contributed by atoms with Crippen LogP contribution in [0.1, 0.15) is 18.5 Å². The van der Waals surface area contributed by atoms with Crippen molar-refractivity contribution in [1.82, 2.24) is 4.90 Å². The molecule has 0 spiro atoms. The highest BCUT2D eigenvalue weighted by Gasteiger charge is 2.38. The molecule has 2 atom stereocenters. The summed E-state index contributed by atoms with van der Waals surface area (Å²) in [6.07, 6.45) is 5.45. The van der Waals surface area contributed by atoms with Crippen molar-refractivity contribution >= 4 is 33.3 Å². The van der Waals surface area contributed by atoms with E-state index < -0.39 is 0 Å². The Morgan fingerprint density at radius 3 is 3.00 bits per heavy atom. The molecule has 100 valence electrons. The summed E-state index contributed by atoms with van der Waals surface area (Å²) in [5.41, 5.74) is 6.94. The minimum Gasteiger partial charge on any atom is -0.385 e. The second kappa shape index (κ2) is 4.66. The highest BCUT2D eigenvalue weighted by Crippen LogP contribution is 2.36. The molecule has 2 heterocycles. The van der Waals surface area contributed by atoms with Crippen LogP contribution in [0.15, 0.2) is 34.6 Å². The van der Waals surface area contributed by atoms with E-state index in [0.717, 1.165) is 15.6 Å². The number of carbonyl (C=O) groups is 1. The largest absolute Gasteiger partial charge is 0.385 e. The van der Waals surface area contributed by atoms with Crippen molar-refractivity contribution in [2.45, 2.75) is 19.0 Å². The molecule has 2 aromatic rings. The Morgan fingerprint density at radius 1 is 1.50 bits per heavy atom. The van der Waals surface area contributed by atoms with Crippen molar-refractivity contribution in [2.75, 3.05) is 0 Å². The zero-order valence-electron chi connectivity index (χ0n) is 10.9. The molecule has 0 radical (unpaired) electrons. The molecule has 4 nitrogen and oxygen atoms in total. The molecule has 1 aromatic carbocycles. The summed E-state index contributed by atoms with van der Waals surface area (Å²) in [6.45, 7) is 1.80. The maximum Gasteiger partial charge on any atom is 0.347 e. The van der Waals surface area contributed by atoms with E-state index in [0.29, 0.717) is 5.84 Å². The quantitative estimate of drug-likeness (QED) is 0.862. The number of fused-ring (bicyclic) bond motifs is 1. The lowest BCUT2D eigenvalue weighted by Crippen LogP contribution is -2.38. The van der Waals surface area contributed by atoms with E-state index in [2.05, 4.69) is 10.9 Å². The lowest BCUT2D eigenvalue weighted by atomic mass is 10.0. The highest BCUT2D eigenvalue weighted by atomic mass is 32.1. The van der Waals surface area contributed by atoms with Crippen LogP contribution >= 0.6 is 11.3 Å². The van der Waals surface area contributed by atoms with Crippen LogP contribution in [0, 0.1) is 12.3 Å². The predicted molar refractivity (Wildman–Crippen MR) is 81.7 cm³/mol. The zero-order chi connectivity index (χ0) is 14.3. The van der Waals surface area contributed by atoms with E-state index in [9.17, 15) is 4.79 Å². The summed E-state index contributed by atoms with van der Waals surface area (Å²) in [7, 11) is 0. The van der Waals surface area contributed by atoms with Gasteiger partial charge in [0.15, 0.2) is 0 Å². The first-order valence-corrected chi connectivity index (χ1v) is 7.10. The number of amides is 2. The minimum atomic E-state index is -0.371. The maximum absolute atomic E-state index is 12.0. The number of benzene rings is 1. The number of carbonyl (C=O) groups excluding carboxylic acids is 1. The van der Waals surface area contributed by atoms with Gasteiger partial charge in [-0.05, 0) is 23.8 Å². The Hall–Kier alpha value is -2.32. The van der Waals surface area contributed by atoms with Gasteiger partial charge in [0.25, 0.3) is 0 Å². The monoisotopic (exact) mass is 283 g/mol. The molecule has 1 aliphatic heterocycles. The van der Waals surface area contributed by atoms with Gasteiger partial charge >= 0.3 is 6.03 Å². The second-order valence-corrected chi connectivity index (χ2v) is 5.57. The van der Waals surface area contributed by atoms with Gasteiger partial charge in [-0.3, -0.25) is 4.90 Å². The van der Waals surface area contributed by atoms with E-state index in [1.54, 1.807) is 23.2 Å². The van der Waals surface area contributed by atoms with Crippen molar-refractivity contribution in [1.29, 1.82) is 0 Å². The molecule has 2 unspecified atom stereocenters. The average molecular weight is 283 g/mol. The Labute approximate surface area is 120 Å². The van der Waals surface area contributed by atoms with Gasteiger partial charge in [-0.25, -0.2) is 4.79 Å². The predicted octanol–water partition coefficient (Wildman–Crippen LogP) is 2.76. The Morgan fingerprint density at radius 2 is 2.25 bits per heavy atom. The number of hydrogen-bond donors (Lipinski definition) is 1. The van der Waals surface area contributed by atoms with Gasteiger partial charge in [0.05, 0.1) is 6.04 Å². The number of nitrogens with zero attached hydrogens (tertiary/aromatic N) is 2. The fourth-order valence-corrected chi connectivity index (χ4v) is 3.45. The summed E-state index contributed by atoms with van der Waals surface area (Å²) in [4.78, 5) is 17.4. The number of thiophene rings is 1. The van der Waals surface area contributed by atoms with Crippen LogP contribution < -0.4 is 5.73 Å². The number of nitrogens with two attached hydrogens (primary N) is 1. The normalized spacial score (nSPS) is 20.0. The molecular formula is C15H13N3OS. The third kappa shape index (κ3) is 1.77. The van der Waals surface area contributed by atoms with E-state index in [-0.39, 0.29) is 18.1 Å². The average Bonchev–Trinajstić information content (AvgIpc) is 2.98. The summed E-state index contributed by atoms with van der Waals surface area (Å²) in [6, 6.07) is 6.94. The van der Waals surface area contributed by atoms with Crippen LogP contribution in [-0.2, 0) is 0 Å². The van der Waals surface area contributed by atoms with Crippen LogP contribution in [0.25, 0.3) is 10.1 Å². The van der Waals surface area contributed by atoms with Gasteiger partial charge in [0.1, 0.15) is 11.9 Å². The molecular weight excluding hydrogens is 270 g/mol. The Balaban J connectivity index is 2.14. The summed E-state index contributed by atoms with van der Waals surface area (Å²) >= 11 is 1.63. The standard InChI is InChI=1S/C15H13N3OS/c1-3-9(2)18-13(14(16)17-15(18)19)11-8-20-12-7-5-4-6-10(11)12/h1,4-9,13H,2H3,(H2,16,17,19). The van der Waals surface area contributed by atoms with Crippen LogP contribution in [0.3, 0.4) is 0 Å². The molecule has 0 fully saturated rings. The number of rotatable bonds is 2. The van der Waals surface area contributed by atoms with E-state index in [1.165, 1.54) is 0 Å². The van der Waals surface area contributed by atoms with Gasteiger partial charge in [0.2, 0.25) is 0 Å². The van der Waals surface area contributed by atoms with Gasteiger partial charge in [-0.2, -0.15) is 4.99 Å².